The van der Waals surface area contributed by atoms with Crippen LogP contribution >= 0.6 is 0 Å². The van der Waals surface area contributed by atoms with Crippen molar-refractivity contribution in [1.82, 2.24) is 10.2 Å². The molecule has 1 unspecified atom stereocenters. The number of carbonyl (C=O) groups is 1. The number of hydrogen-bond acceptors (Lipinski definition) is 5. The number of para-hydroxylation sites is 1. The molecule has 2 aromatic carbocycles. The van der Waals surface area contributed by atoms with E-state index in [-0.39, 0.29) is 28.0 Å². The van der Waals surface area contributed by atoms with Crippen LogP contribution in [0.25, 0.3) is 0 Å². The molecule has 1 saturated heterocycles. The van der Waals surface area contributed by atoms with Gasteiger partial charge < -0.3 is 15.0 Å². The van der Waals surface area contributed by atoms with Crippen molar-refractivity contribution in [3.8, 4) is 5.75 Å². The van der Waals surface area contributed by atoms with Crippen molar-refractivity contribution < 1.29 is 17.9 Å². The Kier molecular flexibility index (Phi) is 5.12. The Morgan fingerprint density at radius 2 is 1.76 bits per heavy atom. The summed E-state index contributed by atoms with van der Waals surface area (Å²) in [7, 11) is -1.40. The summed E-state index contributed by atoms with van der Waals surface area (Å²) in [5.41, 5.74) is 0.799. The van der Waals surface area contributed by atoms with Gasteiger partial charge in [-0.2, -0.15) is 0 Å². The molecule has 2 aliphatic heterocycles. The third kappa shape index (κ3) is 4.02. The molecule has 0 saturated carbocycles. The van der Waals surface area contributed by atoms with Gasteiger partial charge in [0.15, 0.2) is 9.84 Å². The van der Waals surface area contributed by atoms with Crippen LogP contribution in [0.1, 0.15) is 41.2 Å². The number of nitrogens with one attached hydrogen (secondary N) is 1. The number of fused-ring (bicyclic) bond motifs is 1. The number of nitrogens with zero attached hydrogens (tertiary/aromatic N) is 1. The summed E-state index contributed by atoms with van der Waals surface area (Å²) in [4.78, 5) is 15.4. The van der Waals surface area contributed by atoms with Crippen LogP contribution in [0.15, 0.2) is 53.4 Å². The summed E-state index contributed by atoms with van der Waals surface area (Å²) in [6, 6.07) is 13.9. The second-order valence-corrected chi connectivity index (χ2v) is 10.1. The molecule has 2 heterocycles. The molecule has 0 aromatic heterocycles. The molecule has 0 bridgehead atoms. The zero-order valence-corrected chi connectivity index (χ0v) is 17.5. The first kappa shape index (κ1) is 19.9. The van der Waals surface area contributed by atoms with E-state index in [4.69, 9.17) is 4.74 Å². The number of rotatable bonds is 3. The van der Waals surface area contributed by atoms with Gasteiger partial charge in [-0.05, 0) is 38.1 Å². The fourth-order valence-corrected chi connectivity index (χ4v) is 5.18. The number of sulfone groups is 1. The number of amides is 1. The monoisotopic (exact) mass is 414 g/mol. The molecule has 1 spiro atoms. The lowest BCUT2D eigenvalue weighted by molar-refractivity contribution is -0.0195. The molecule has 1 atom stereocenters. The standard InChI is InChI=1S/C22H26N2O4S/c1-24-13-11-22(12-14-24)15-18(16-7-3-5-9-19(16)28-22)23-21(25)17-8-4-6-10-20(17)29(2,26)27/h3-10,18H,11-15H2,1-2H3,(H,23,25). The van der Waals surface area contributed by atoms with Crippen molar-refractivity contribution in [2.45, 2.75) is 35.8 Å². The maximum atomic E-state index is 13.1. The van der Waals surface area contributed by atoms with Crippen LogP contribution in [0.2, 0.25) is 0 Å². The molecule has 154 valence electrons. The Bertz CT molecular complexity index is 1030. The predicted molar refractivity (Wildman–Crippen MR) is 111 cm³/mol. The van der Waals surface area contributed by atoms with E-state index in [1.54, 1.807) is 18.2 Å². The molecule has 4 rings (SSSR count). The molecule has 1 fully saturated rings. The van der Waals surface area contributed by atoms with Crippen LogP contribution in [0.3, 0.4) is 0 Å². The minimum Gasteiger partial charge on any atom is -0.487 e. The summed E-state index contributed by atoms with van der Waals surface area (Å²) in [6.45, 7) is 1.89. The first-order valence-electron chi connectivity index (χ1n) is 9.84. The average molecular weight is 415 g/mol. The molecule has 0 radical (unpaired) electrons. The number of likely N-dealkylation sites (tertiary alicyclic amines) is 1. The van der Waals surface area contributed by atoms with Crippen LogP contribution in [0.5, 0.6) is 5.75 Å². The van der Waals surface area contributed by atoms with Gasteiger partial charge in [0, 0.05) is 31.3 Å². The third-order valence-electron chi connectivity index (χ3n) is 5.93. The summed E-state index contributed by atoms with van der Waals surface area (Å²) in [5.74, 6) is 0.417. The second kappa shape index (κ2) is 7.46. The lowest BCUT2D eigenvalue weighted by Crippen LogP contribution is -2.51. The zero-order chi connectivity index (χ0) is 20.6. The first-order chi connectivity index (χ1) is 13.8. The topological polar surface area (TPSA) is 75.7 Å². The van der Waals surface area contributed by atoms with E-state index in [0.717, 1.165) is 43.5 Å². The number of benzene rings is 2. The molecule has 6 nitrogen and oxygen atoms in total. The Morgan fingerprint density at radius 3 is 2.48 bits per heavy atom. The number of hydrogen-bond donors (Lipinski definition) is 1. The summed E-state index contributed by atoms with van der Waals surface area (Å²) < 4.78 is 30.7. The molecular formula is C22H26N2O4S. The lowest BCUT2D eigenvalue weighted by atomic mass is 9.80. The first-order valence-corrected chi connectivity index (χ1v) is 11.7. The maximum absolute atomic E-state index is 13.1. The van der Waals surface area contributed by atoms with E-state index in [0.29, 0.717) is 6.42 Å². The molecular weight excluding hydrogens is 388 g/mol. The highest BCUT2D eigenvalue weighted by molar-refractivity contribution is 7.90. The minimum atomic E-state index is -3.50. The van der Waals surface area contributed by atoms with E-state index in [1.165, 1.54) is 6.07 Å². The lowest BCUT2D eigenvalue weighted by Gasteiger charge is -2.46. The van der Waals surface area contributed by atoms with E-state index in [9.17, 15) is 13.2 Å². The maximum Gasteiger partial charge on any atom is 0.253 e. The van der Waals surface area contributed by atoms with Crippen LogP contribution in [-0.4, -0.2) is 51.2 Å². The van der Waals surface area contributed by atoms with Crippen molar-refractivity contribution in [3.05, 3.63) is 59.7 Å². The number of ether oxygens (including phenoxy) is 1. The van der Waals surface area contributed by atoms with Gasteiger partial charge in [-0.3, -0.25) is 4.79 Å². The van der Waals surface area contributed by atoms with E-state index in [1.807, 2.05) is 24.3 Å². The highest BCUT2D eigenvalue weighted by Crippen LogP contribution is 2.44. The van der Waals surface area contributed by atoms with Crippen molar-refractivity contribution in [2.75, 3.05) is 26.4 Å². The largest absolute Gasteiger partial charge is 0.487 e. The molecule has 2 aromatic rings. The Balaban J connectivity index is 1.65. The van der Waals surface area contributed by atoms with E-state index >= 15 is 0 Å². The van der Waals surface area contributed by atoms with Gasteiger partial charge in [0.25, 0.3) is 5.91 Å². The minimum absolute atomic E-state index is 0.0480. The van der Waals surface area contributed by atoms with Crippen molar-refractivity contribution in [1.29, 1.82) is 0 Å². The normalized spacial score (nSPS) is 21.2. The summed E-state index contributed by atoms with van der Waals surface area (Å²) >= 11 is 0. The average Bonchev–Trinajstić information content (AvgIpc) is 2.70. The highest BCUT2D eigenvalue weighted by atomic mass is 32.2. The molecule has 0 aliphatic carbocycles. The fraction of sp³-hybridized carbons (Fsp3) is 0.409. The van der Waals surface area contributed by atoms with Crippen LogP contribution < -0.4 is 10.1 Å². The van der Waals surface area contributed by atoms with Gasteiger partial charge in [-0.15, -0.1) is 0 Å². The SMILES string of the molecule is CN1CCC2(CC1)CC(NC(=O)c1ccccc1S(C)(=O)=O)c1ccccc1O2. The fourth-order valence-electron chi connectivity index (χ4n) is 4.29. The van der Waals surface area contributed by atoms with Gasteiger partial charge in [0.05, 0.1) is 16.5 Å². The Labute approximate surface area is 171 Å². The van der Waals surface area contributed by atoms with Crippen LogP contribution in [0, 0.1) is 0 Å². The Morgan fingerprint density at radius 1 is 1.10 bits per heavy atom. The van der Waals surface area contributed by atoms with Crippen molar-refractivity contribution in [2.24, 2.45) is 0 Å². The molecule has 7 heteroatoms. The molecule has 1 N–H and O–H groups in total. The Hall–Kier alpha value is -2.38. The number of piperidine rings is 1. The smallest absolute Gasteiger partial charge is 0.253 e. The van der Waals surface area contributed by atoms with E-state index < -0.39 is 9.84 Å². The van der Waals surface area contributed by atoms with Gasteiger partial charge in [0.1, 0.15) is 11.4 Å². The van der Waals surface area contributed by atoms with Gasteiger partial charge >= 0.3 is 0 Å². The zero-order valence-electron chi connectivity index (χ0n) is 16.7. The van der Waals surface area contributed by atoms with Crippen molar-refractivity contribution in [3.63, 3.8) is 0 Å². The van der Waals surface area contributed by atoms with Gasteiger partial charge in [-0.1, -0.05) is 30.3 Å². The second-order valence-electron chi connectivity index (χ2n) is 8.12. The molecule has 1 amide bonds. The predicted octanol–water partition coefficient (Wildman–Crippen LogP) is 2.81. The van der Waals surface area contributed by atoms with Gasteiger partial charge in [0.2, 0.25) is 0 Å². The molecule has 29 heavy (non-hydrogen) atoms. The molecule has 2 aliphatic rings. The summed E-state index contributed by atoms with van der Waals surface area (Å²) in [6.07, 6.45) is 3.58. The number of carbonyl (C=O) groups excluding carboxylic acids is 1. The van der Waals surface area contributed by atoms with Gasteiger partial charge in [-0.25, -0.2) is 8.42 Å². The van der Waals surface area contributed by atoms with E-state index in [2.05, 4.69) is 17.3 Å². The quantitative estimate of drug-likeness (QED) is 0.836. The van der Waals surface area contributed by atoms with Crippen molar-refractivity contribution >= 4 is 15.7 Å². The highest BCUT2D eigenvalue weighted by Gasteiger charge is 2.43. The van der Waals surface area contributed by atoms with Crippen LogP contribution in [0.4, 0.5) is 0 Å². The van der Waals surface area contributed by atoms with Crippen LogP contribution in [-0.2, 0) is 9.84 Å². The third-order valence-corrected chi connectivity index (χ3v) is 7.09. The summed E-state index contributed by atoms with van der Waals surface area (Å²) in [5, 5.41) is 3.09.